The molecule has 0 radical (unpaired) electrons. The number of halogens is 1. The lowest BCUT2D eigenvalue weighted by Gasteiger charge is -2.18. The fraction of sp³-hybridized carbons (Fsp3) is 0.350. The topological polar surface area (TPSA) is 82.6 Å². The van der Waals surface area contributed by atoms with E-state index in [1.807, 2.05) is 6.07 Å². The fourth-order valence-corrected chi connectivity index (χ4v) is 3.35. The Labute approximate surface area is 185 Å². The highest BCUT2D eigenvalue weighted by atomic mass is 127. The van der Waals surface area contributed by atoms with Crippen molar-refractivity contribution in [3.05, 3.63) is 65.7 Å². The molecule has 3 N–H and O–H groups in total. The second-order valence-corrected chi connectivity index (χ2v) is 8.23. The first-order chi connectivity index (χ1) is 12.9. The molecule has 0 fully saturated rings. The fourth-order valence-electron chi connectivity index (χ4n) is 2.62. The average molecular weight is 516 g/mol. The Kier molecular flexibility index (Phi) is 10.5. The van der Waals surface area contributed by atoms with E-state index >= 15 is 0 Å². The van der Waals surface area contributed by atoms with Crippen molar-refractivity contribution in [3.63, 3.8) is 0 Å². The van der Waals surface area contributed by atoms with Crippen LogP contribution in [0.5, 0.6) is 0 Å². The Morgan fingerprint density at radius 1 is 1.04 bits per heavy atom. The molecule has 0 amide bonds. The second kappa shape index (κ2) is 12.0. The summed E-state index contributed by atoms with van der Waals surface area (Å²) in [4.78, 5) is 4.51. The molecule has 0 aromatic heterocycles. The Balaban J connectivity index is 0.00000392. The third-order valence-corrected chi connectivity index (χ3v) is 5.71. The molecular formula is C20H29IN4O2S. The first-order valence-electron chi connectivity index (χ1n) is 8.98. The molecular weight excluding hydrogens is 487 g/mol. The van der Waals surface area contributed by atoms with Gasteiger partial charge >= 0.3 is 0 Å². The Hall–Kier alpha value is -1.65. The maximum atomic E-state index is 11.8. The lowest BCUT2D eigenvalue weighted by atomic mass is 10.1. The van der Waals surface area contributed by atoms with E-state index in [2.05, 4.69) is 51.5 Å². The molecule has 0 saturated heterocycles. The zero-order valence-corrected chi connectivity index (χ0v) is 19.6. The lowest BCUT2D eigenvalue weighted by molar-refractivity contribution is 0.588. The minimum absolute atomic E-state index is 0. The minimum Gasteiger partial charge on any atom is -0.354 e. The van der Waals surface area contributed by atoms with Crippen LogP contribution in [0.15, 0.2) is 64.5 Å². The molecule has 28 heavy (non-hydrogen) atoms. The molecule has 0 heterocycles. The number of guanidine groups is 1. The van der Waals surface area contributed by atoms with Gasteiger partial charge in [0.15, 0.2) is 5.96 Å². The van der Waals surface area contributed by atoms with E-state index in [4.69, 9.17) is 0 Å². The van der Waals surface area contributed by atoms with Crippen molar-refractivity contribution < 1.29 is 8.42 Å². The summed E-state index contributed by atoms with van der Waals surface area (Å²) >= 11 is 0. The van der Waals surface area contributed by atoms with Gasteiger partial charge in [-0.05, 0) is 50.1 Å². The number of sulfonamides is 1. The van der Waals surface area contributed by atoms with Crippen molar-refractivity contribution >= 4 is 40.0 Å². The van der Waals surface area contributed by atoms with Gasteiger partial charge in [0.25, 0.3) is 0 Å². The van der Waals surface area contributed by atoms with E-state index in [0.717, 1.165) is 24.4 Å². The van der Waals surface area contributed by atoms with Crippen LogP contribution in [0.25, 0.3) is 0 Å². The summed E-state index contributed by atoms with van der Waals surface area (Å²) in [5, 5.41) is 6.65. The van der Waals surface area contributed by atoms with Crippen molar-refractivity contribution in [2.45, 2.75) is 37.2 Å². The summed E-state index contributed by atoms with van der Waals surface area (Å²) in [5.74, 6) is 0.725. The summed E-state index contributed by atoms with van der Waals surface area (Å²) in [5.41, 5.74) is 2.30. The molecule has 154 valence electrons. The van der Waals surface area contributed by atoms with Crippen LogP contribution in [0.1, 0.15) is 24.5 Å². The summed E-state index contributed by atoms with van der Waals surface area (Å²) in [6, 6.07) is 17.5. The highest BCUT2D eigenvalue weighted by Crippen LogP contribution is 2.10. The number of benzene rings is 2. The van der Waals surface area contributed by atoms with Crippen molar-refractivity contribution in [1.82, 2.24) is 15.4 Å². The van der Waals surface area contributed by atoms with Crippen LogP contribution in [0.3, 0.4) is 0 Å². The van der Waals surface area contributed by atoms with Crippen molar-refractivity contribution in [2.75, 3.05) is 14.1 Å². The number of aryl methyl sites for hydroxylation is 1. The maximum Gasteiger partial charge on any atom is 0.240 e. The normalized spacial score (nSPS) is 12.8. The van der Waals surface area contributed by atoms with E-state index in [9.17, 15) is 8.42 Å². The zero-order chi connectivity index (χ0) is 19.7. The molecule has 1 atom stereocenters. The summed E-state index contributed by atoms with van der Waals surface area (Å²) in [7, 11) is -0.262. The van der Waals surface area contributed by atoms with Gasteiger partial charge in [-0.25, -0.2) is 13.1 Å². The second-order valence-electron chi connectivity index (χ2n) is 6.35. The molecule has 0 aliphatic heterocycles. The molecule has 6 nitrogen and oxygen atoms in total. The first kappa shape index (κ1) is 24.4. The molecule has 0 spiro atoms. The van der Waals surface area contributed by atoms with Gasteiger partial charge in [0.1, 0.15) is 0 Å². The Bertz CT molecular complexity index is 840. The first-order valence-corrected chi connectivity index (χ1v) is 10.5. The molecule has 0 aliphatic rings. The van der Waals surface area contributed by atoms with Crippen molar-refractivity contribution in [1.29, 1.82) is 0 Å². The third-order valence-electron chi connectivity index (χ3n) is 4.28. The molecule has 1 unspecified atom stereocenters. The lowest BCUT2D eigenvalue weighted by Crippen LogP contribution is -2.42. The monoisotopic (exact) mass is 516 g/mol. The van der Waals surface area contributed by atoms with Crippen molar-refractivity contribution in [3.8, 4) is 0 Å². The number of rotatable bonds is 8. The maximum absolute atomic E-state index is 11.8. The van der Waals surface area contributed by atoms with Crippen LogP contribution in [0.4, 0.5) is 0 Å². The van der Waals surface area contributed by atoms with E-state index in [0.29, 0.717) is 6.54 Å². The van der Waals surface area contributed by atoms with Gasteiger partial charge in [-0.3, -0.25) is 4.99 Å². The molecule has 8 heteroatoms. The smallest absolute Gasteiger partial charge is 0.240 e. The van der Waals surface area contributed by atoms with E-state index in [1.54, 1.807) is 31.3 Å². The Morgan fingerprint density at radius 3 is 2.25 bits per heavy atom. The van der Waals surface area contributed by atoms with Crippen LogP contribution in [0.2, 0.25) is 0 Å². The van der Waals surface area contributed by atoms with Gasteiger partial charge in [0.2, 0.25) is 10.0 Å². The predicted octanol–water partition coefficient (Wildman–Crippen LogP) is 2.90. The van der Waals surface area contributed by atoms with Crippen LogP contribution in [0, 0.1) is 0 Å². The zero-order valence-electron chi connectivity index (χ0n) is 16.5. The quantitative estimate of drug-likeness (QED) is 0.286. The third kappa shape index (κ3) is 7.76. The molecule has 0 saturated carbocycles. The number of hydrogen-bond acceptors (Lipinski definition) is 3. The van der Waals surface area contributed by atoms with Gasteiger partial charge in [-0.1, -0.05) is 42.5 Å². The van der Waals surface area contributed by atoms with Gasteiger partial charge in [-0.2, -0.15) is 0 Å². The average Bonchev–Trinajstić information content (AvgIpc) is 2.70. The Morgan fingerprint density at radius 2 is 1.68 bits per heavy atom. The van der Waals surface area contributed by atoms with Crippen LogP contribution < -0.4 is 15.4 Å². The highest BCUT2D eigenvalue weighted by molar-refractivity contribution is 14.0. The van der Waals surface area contributed by atoms with Gasteiger partial charge in [0, 0.05) is 19.6 Å². The van der Waals surface area contributed by atoms with Crippen molar-refractivity contribution in [2.24, 2.45) is 4.99 Å². The van der Waals surface area contributed by atoms with E-state index < -0.39 is 10.0 Å². The van der Waals surface area contributed by atoms with Crippen LogP contribution >= 0.6 is 24.0 Å². The van der Waals surface area contributed by atoms with E-state index in [1.165, 1.54) is 12.6 Å². The molecule has 2 rings (SSSR count). The number of hydrogen-bond donors (Lipinski definition) is 3. The van der Waals surface area contributed by atoms with Gasteiger partial charge < -0.3 is 10.6 Å². The number of nitrogens with one attached hydrogen (secondary N) is 3. The standard InChI is InChI=1S/C20H28N4O2S.HI/c1-16(9-10-17-7-5-4-6-8-17)24-20(21-2)23-15-18-11-13-19(14-12-18)27(25,26)22-3;/h4-8,11-14,16,22H,9-10,15H2,1-3H3,(H2,21,23,24);1H. The number of nitrogens with zero attached hydrogens (tertiary/aromatic N) is 1. The SMILES string of the molecule is CN=C(NCc1ccc(S(=O)(=O)NC)cc1)NC(C)CCc1ccccc1.I. The molecule has 2 aromatic rings. The predicted molar refractivity (Wildman–Crippen MR) is 126 cm³/mol. The van der Waals surface area contributed by atoms with E-state index in [-0.39, 0.29) is 34.9 Å². The van der Waals surface area contributed by atoms with Crippen LogP contribution in [-0.4, -0.2) is 34.5 Å². The summed E-state index contributed by atoms with van der Waals surface area (Å²) < 4.78 is 25.8. The molecule has 0 aliphatic carbocycles. The molecule has 2 aromatic carbocycles. The van der Waals surface area contributed by atoms with Crippen LogP contribution in [-0.2, 0) is 23.0 Å². The largest absolute Gasteiger partial charge is 0.354 e. The summed E-state index contributed by atoms with van der Waals surface area (Å²) in [6.45, 7) is 2.69. The number of aliphatic imine (C=N–C) groups is 1. The highest BCUT2D eigenvalue weighted by Gasteiger charge is 2.10. The summed E-state index contributed by atoms with van der Waals surface area (Å²) in [6.07, 6.45) is 2.01. The molecule has 0 bridgehead atoms. The van der Waals surface area contributed by atoms with Gasteiger partial charge in [-0.15, -0.1) is 24.0 Å². The van der Waals surface area contributed by atoms with Gasteiger partial charge in [0.05, 0.1) is 4.90 Å². The minimum atomic E-state index is -3.40.